The van der Waals surface area contributed by atoms with Gasteiger partial charge < -0.3 is 9.72 Å². The van der Waals surface area contributed by atoms with E-state index in [4.69, 9.17) is 4.74 Å². The summed E-state index contributed by atoms with van der Waals surface area (Å²) in [6, 6.07) is 12.2. The smallest absolute Gasteiger partial charge is 0.306 e. The summed E-state index contributed by atoms with van der Waals surface area (Å²) in [5, 5.41) is 1.18. The Kier molecular flexibility index (Phi) is 4.85. The number of nitrogens with one attached hydrogen (secondary N) is 1. The SMILES string of the molecule is CSc1ccc(COC(=O)CCc2c[nH]c3ccccc23)s1. The molecule has 0 amide bonds. The zero-order valence-corrected chi connectivity index (χ0v) is 13.9. The minimum atomic E-state index is -0.149. The second kappa shape index (κ2) is 7.03. The molecule has 0 unspecified atom stereocenters. The highest BCUT2D eigenvalue weighted by Crippen LogP contribution is 2.25. The minimum Gasteiger partial charge on any atom is -0.460 e. The van der Waals surface area contributed by atoms with E-state index in [1.165, 1.54) is 9.60 Å². The van der Waals surface area contributed by atoms with Crippen molar-refractivity contribution in [1.82, 2.24) is 4.98 Å². The van der Waals surface area contributed by atoms with E-state index in [-0.39, 0.29) is 5.97 Å². The zero-order chi connectivity index (χ0) is 15.4. The van der Waals surface area contributed by atoms with Gasteiger partial charge in [0.1, 0.15) is 6.61 Å². The van der Waals surface area contributed by atoms with Crippen molar-refractivity contribution >= 4 is 40.0 Å². The first-order chi connectivity index (χ1) is 10.8. The van der Waals surface area contributed by atoms with Crippen LogP contribution in [0, 0.1) is 0 Å². The molecule has 0 aliphatic heterocycles. The standard InChI is InChI=1S/C17H17NO2S2/c1-21-17-9-7-13(22-17)11-20-16(19)8-6-12-10-18-15-5-3-2-4-14(12)15/h2-5,7,9-10,18H,6,8,11H2,1H3. The number of aryl methyl sites for hydroxylation is 1. The summed E-state index contributed by atoms with van der Waals surface area (Å²) in [6.07, 6.45) is 5.12. The van der Waals surface area contributed by atoms with Gasteiger partial charge in [0, 0.05) is 28.4 Å². The van der Waals surface area contributed by atoms with Crippen LogP contribution in [0.4, 0.5) is 0 Å². The Morgan fingerprint density at radius 2 is 2.14 bits per heavy atom. The van der Waals surface area contributed by atoms with Gasteiger partial charge in [-0.1, -0.05) is 18.2 Å². The van der Waals surface area contributed by atoms with Crippen molar-refractivity contribution in [3.8, 4) is 0 Å². The summed E-state index contributed by atoms with van der Waals surface area (Å²) in [5.74, 6) is -0.149. The molecule has 0 aliphatic carbocycles. The molecule has 0 saturated carbocycles. The van der Waals surface area contributed by atoms with E-state index in [0.29, 0.717) is 19.4 Å². The molecular formula is C17H17NO2S2. The second-order valence-corrected chi connectivity index (χ2v) is 7.22. The lowest BCUT2D eigenvalue weighted by atomic mass is 10.1. The summed E-state index contributed by atoms with van der Waals surface area (Å²) in [4.78, 5) is 16.2. The van der Waals surface area contributed by atoms with Crippen LogP contribution in [0.15, 0.2) is 46.8 Å². The van der Waals surface area contributed by atoms with Gasteiger partial charge in [-0.2, -0.15) is 0 Å². The molecule has 1 N–H and O–H groups in total. The van der Waals surface area contributed by atoms with E-state index in [1.54, 1.807) is 23.1 Å². The van der Waals surface area contributed by atoms with Gasteiger partial charge in [0.05, 0.1) is 4.21 Å². The van der Waals surface area contributed by atoms with Gasteiger partial charge in [0.25, 0.3) is 0 Å². The van der Waals surface area contributed by atoms with E-state index in [9.17, 15) is 4.79 Å². The third kappa shape index (κ3) is 3.54. The van der Waals surface area contributed by atoms with Crippen molar-refractivity contribution in [2.24, 2.45) is 0 Å². The van der Waals surface area contributed by atoms with Gasteiger partial charge in [0.2, 0.25) is 0 Å². The van der Waals surface area contributed by atoms with Gasteiger partial charge >= 0.3 is 5.97 Å². The van der Waals surface area contributed by atoms with E-state index in [1.807, 2.05) is 36.7 Å². The van der Waals surface area contributed by atoms with Crippen molar-refractivity contribution in [2.45, 2.75) is 23.7 Å². The quantitative estimate of drug-likeness (QED) is 0.529. The summed E-state index contributed by atoms with van der Waals surface area (Å²) < 4.78 is 6.59. The Hall–Kier alpha value is -1.72. The predicted molar refractivity (Wildman–Crippen MR) is 92.5 cm³/mol. The molecule has 3 rings (SSSR count). The molecule has 2 aromatic heterocycles. The Morgan fingerprint density at radius 3 is 2.95 bits per heavy atom. The maximum Gasteiger partial charge on any atom is 0.306 e. The third-order valence-corrected chi connectivity index (χ3v) is 5.63. The average molecular weight is 331 g/mol. The van der Waals surface area contributed by atoms with Gasteiger partial charge in [-0.3, -0.25) is 4.79 Å². The lowest BCUT2D eigenvalue weighted by Crippen LogP contribution is -2.05. The largest absolute Gasteiger partial charge is 0.460 e. The minimum absolute atomic E-state index is 0.149. The van der Waals surface area contributed by atoms with E-state index >= 15 is 0 Å². The van der Waals surface area contributed by atoms with Gasteiger partial charge in [-0.05, 0) is 36.4 Å². The highest BCUT2D eigenvalue weighted by atomic mass is 32.2. The highest BCUT2D eigenvalue weighted by molar-refractivity contribution is 8.00. The molecule has 3 nitrogen and oxygen atoms in total. The van der Waals surface area contributed by atoms with Crippen LogP contribution >= 0.6 is 23.1 Å². The molecule has 22 heavy (non-hydrogen) atoms. The fraction of sp³-hybridized carbons (Fsp3) is 0.235. The van der Waals surface area contributed by atoms with Crippen molar-refractivity contribution in [3.63, 3.8) is 0 Å². The average Bonchev–Trinajstić information content (AvgIpc) is 3.17. The maximum atomic E-state index is 11.9. The number of H-pyrrole nitrogens is 1. The number of ether oxygens (including phenoxy) is 1. The molecule has 5 heteroatoms. The molecule has 0 spiro atoms. The molecule has 114 valence electrons. The number of rotatable bonds is 6. The first-order valence-electron chi connectivity index (χ1n) is 7.09. The molecule has 2 heterocycles. The lowest BCUT2D eigenvalue weighted by Gasteiger charge is -2.03. The summed E-state index contributed by atoms with van der Waals surface area (Å²) >= 11 is 3.38. The van der Waals surface area contributed by atoms with Crippen LogP contribution < -0.4 is 0 Å². The van der Waals surface area contributed by atoms with Crippen molar-refractivity contribution in [1.29, 1.82) is 0 Å². The Balaban J connectivity index is 1.52. The van der Waals surface area contributed by atoms with E-state index in [0.717, 1.165) is 16.0 Å². The Morgan fingerprint density at radius 1 is 1.27 bits per heavy atom. The fourth-order valence-electron chi connectivity index (χ4n) is 2.34. The number of aromatic amines is 1. The molecule has 1 aromatic carbocycles. The number of para-hydroxylation sites is 1. The van der Waals surface area contributed by atoms with Crippen LogP contribution in [0.2, 0.25) is 0 Å². The van der Waals surface area contributed by atoms with Crippen molar-refractivity contribution in [3.05, 3.63) is 53.0 Å². The number of benzene rings is 1. The number of hydrogen-bond acceptors (Lipinski definition) is 4. The van der Waals surface area contributed by atoms with E-state index < -0.39 is 0 Å². The molecule has 3 aromatic rings. The van der Waals surface area contributed by atoms with Crippen LogP contribution in [-0.2, 0) is 22.6 Å². The lowest BCUT2D eigenvalue weighted by molar-refractivity contribution is -0.144. The molecular weight excluding hydrogens is 314 g/mol. The zero-order valence-electron chi connectivity index (χ0n) is 12.3. The number of esters is 1. The monoisotopic (exact) mass is 331 g/mol. The second-order valence-electron chi connectivity index (χ2n) is 4.95. The van der Waals surface area contributed by atoms with Crippen LogP contribution in [0.25, 0.3) is 10.9 Å². The van der Waals surface area contributed by atoms with Gasteiger partial charge in [-0.25, -0.2) is 0 Å². The maximum absolute atomic E-state index is 11.9. The number of hydrogen-bond donors (Lipinski definition) is 1. The van der Waals surface area contributed by atoms with Crippen LogP contribution in [0.3, 0.4) is 0 Å². The molecule has 0 aliphatic rings. The Bertz CT molecular complexity index is 776. The van der Waals surface area contributed by atoms with Crippen molar-refractivity contribution in [2.75, 3.05) is 6.26 Å². The number of carbonyl (C=O) groups is 1. The summed E-state index contributed by atoms with van der Waals surface area (Å²) in [5.41, 5.74) is 2.27. The topological polar surface area (TPSA) is 42.1 Å². The highest BCUT2D eigenvalue weighted by Gasteiger charge is 2.08. The summed E-state index contributed by atoms with van der Waals surface area (Å²) in [6.45, 7) is 0.373. The molecule has 0 radical (unpaired) electrons. The van der Waals surface area contributed by atoms with Gasteiger partial charge in [0.15, 0.2) is 0 Å². The molecule has 0 bridgehead atoms. The number of thiophene rings is 1. The van der Waals surface area contributed by atoms with E-state index in [2.05, 4.69) is 17.1 Å². The number of carbonyl (C=O) groups excluding carboxylic acids is 1. The fourth-order valence-corrected chi connectivity index (χ4v) is 3.85. The van der Waals surface area contributed by atoms with Crippen LogP contribution in [0.5, 0.6) is 0 Å². The first-order valence-corrected chi connectivity index (χ1v) is 9.13. The van der Waals surface area contributed by atoms with Crippen LogP contribution in [0.1, 0.15) is 16.9 Å². The predicted octanol–water partition coefficient (Wildman–Crippen LogP) is 4.63. The molecule has 0 saturated heterocycles. The summed E-state index contributed by atoms with van der Waals surface area (Å²) in [7, 11) is 0. The van der Waals surface area contributed by atoms with Crippen molar-refractivity contribution < 1.29 is 9.53 Å². The normalized spacial score (nSPS) is 11.0. The first kappa shape index (κ1) is 15.2. The third-order valence-electron chi connectivity index (χ3n) is 3.49. The number of fused-ring (bicyclic) bond motifs is 1. The van der Waals surface area contributed by atoms with Crippen LogP contribution in [-0.4, -0.2) is 17.2 Å². The van der Waals surface area contributed by atoms with Gasteiger partial charge in [-0.15, -0.1) is 23.1 Å². The Labute approximate surface area is 137 Å². The number of aromatic nitrogens is 1. The number of thioether (sulfide) groups is 1. The molecule has 0 atom stereocenters. The molecule has 0 fully saturated rings.